The molecule has 0 saturated heterocycles. The summed E-state index contributed by atoms with van der Waals surface area (Å²) in [6.07, 6.45) is 0. The van der Waals surface area contributed by atoms with Gasteiger partial charge in [-0.05, 0) is 38.0 Å². The minimum atomic E-state index is 0. The van der Waals surface area contributed by atoms with Gasteiger partial charge >= 0.3 is 51.4 Å². The molecule has 1 aromatic carbocycles. The molecule has 0 aliphatic heterocycles. The number of allylic oxidation sites excluding steroid dienone is 1. The number of carbonyl (C=O) groups is 1. The van der Waals surface area contributed by atoms with Crippen molar-refractivity contribution in [1.29, 1.82) is 0 Å². The Balaban J connectivity index is 0.00000169. The van der Waals surface area contributed by atoms with Crippen molar-refractivity contribution < 1.29 is 4.79 Å². The molecule has 0 aliphatic carbocycles. The number of benzene rings is 1. The van der Waals surface area contributed by atoms with Crippen LogP contribution in [0.3, 0.4) is 0 Å². The summed E-state index contributed by atoms with van der Waals surface area (Å²) in [5.41, 5.74) is 3.48. The molecule has 1 aromatic rings. The zero-order chi connectivity index (χ0) is 10.0. The van der Waals surface area contributed by atoms with Gasteiger partial charge in [0.2, 0.25) is 0 Å². The summed E-state index contributed by atoms with van der Waals surface area (Å²) in [6, 6.07) is 5.88. The molecule has 0 unspecified atom stereocenters. The van der Waals surface area contributed by atoms with Gasteiger partial charge in [-0.25, -0.2) is 0 Å². The number of hydrogen-bond donors (Lipinski definition) is 0. The van der Waals surface area contributed by atoms with Crippen LogP contribution in [0.15, 0.2) is 30.4 Å². The van der Waals surface area contributed by atoms with Crippen LogP contribution in [-0.4, -0.2) is 57.2 Å². The van der Waals surface area contributed by atoms with E-state index in [0.29, 0.717) is 5.57 Å². The van der Waals surface area contributed by atoms with Crippen molar-refractivity contribution in [2.45, 2.75) is 20.8 Å². The fourth-order valence-corrected chi connectivity index (χ4v) is 1.21. The van der Waals surface area contributed by atoms with E-state index in [1.165, 1.54) is 0 Å². The van der Waals surface area contributed by atoms with Gasteiger partial charge in [0.25, 0.3) is 0 Å². The van der Waals surface area contributed by atoms with Crippen molar-refractivity contribution in [1.82, 2.24) is 0 Å². The Morgan fingerprint density at radius 1 is 1.29 bits per heavy atom. The van der Waals surface area contributed by atoms with Crippen molar-refractivity contribution in [2.75, 3.05) is 0 Å². The molecule has 0 atom stereocenters. The standard InChI is InChI=1S/C12H14O.K.H/c1-8(2)12(13)11-7-9(3)5-6-10(11)4;;/h5-7H,1H2,2-4H3;;. The molecular weight excluding hydrogens is 199 g/mol. The van der Waals surface area contributed by atoms with E-state index < -0.39 is 0 Å². The van der Waals surface area contributed by atoms with Gasteiger partial charge in [-0.2, -0.15) is 0 Å². The van der Waals surface area contributed by atoms with Crippen LogP contribution in [0.1, 0.15) is 28.4 Å². The van der Waals surface area contributed by atoms with Gasteiger partial charge in [-0.15, -0.1) is 0 Å². The molecule has 1 rings (SSSR count). The molecule has 0 aromatic heterocycles. The van der Waals surface area contributed by atoms with Gasteiger partial charge in [0.05, 0.1) is 0 Å². The van der Waals surface area contributed by atoms with Crippen molar-refractivity contribution in [3.63, 3.8) is 0 Å². The minimum absolute atomic E-state index is 0. The summed E-state index contributed by atoms with van der Waals surface area (Å²) in [6.45, 7) is 9.31. The second kappa shape index (κ2) is 5.98. The average molecular weight is 214 g/mol. The van der Waals surface area contributed by atoms with E-state index in [1.807, 2.05) is 32.0 Å². The molecule has 0 spiro atoms. The Kier molecular flexibility index (Phi) is 6.10. The molecule has 1 nitrogen and oxygen atoms in total. The van der Waals surface area contributed by atoms with Crippen LogP contribution < -0.4 is 0 Å². The molecule has 0 aliphatic rings. The second-order valence-electron chi connectivity index (χ2n) is 3.43. The number of ketones is 1. The third-order valence-corrected chi connectivity index (χ3v) is 2.03. The Morgan fingerprint density at radius 2 is 1.86 bits per heavy atom. The summed E-state index contributed by atoms with van der Waals surface area (Å²) in [4.78, 5) is 11.6. The first kappa shape index (κ1) is 14.3. The van der Waals surface area contributed by atoms with Crippen LogP contribution in [0.2, 0.25) is 0 Å². The van der Waals surface area contributed by atoms with Crippen molar-refractivity contribution >= 4 is 57.2 Å². The number of Topliss-reactive ketones (excluding diaryl/α,β-unsaturated/α-hetero) is 1. The summed E-state index contributed by atoms with van der Waals surface area (Å²) < 4.78 is 0. The molecule has 0 heterocycles. The number of hydrogen-bond acceptors (Lipinski definition) is 1. The molecule has 0 N–H and O–H groups in total. The van der Waals surface area contributed by atoms with E-state index in [2.05, 4.69) is 6.58 Å². The molecule has 14 heavy (non-hydrogen) atoms. The van der Waals surface area contributed by atoms with E-state index >= 15 is 0 Å². The van der Waals surface area contributed by atoms with E-state index in [9.17, 15) is 4.79 Å². The predicted molar refractivity (Wildman–Crippen MR) is 62.2 cm³/mol. The van der Waals surface area contributed by atoms with Crippen molar-refractivity contribution in [3.05, 3.63) is 47.0 Å². The van der Waals surface area contributed by atoms with Gasteiger partial charge in [-0.1, -0.05) is 24.3 Å². The maximum atomic E-state index is 11.6. The Labute approximate surface area is 128 Å². The first-order valence-corrected chi connectivity index (χ1v) is 4.30. The van der Waals surface area contributed by atoms with E-state index in [1.54, 1.807) is 6.92 Å². The molecule has 0 amide bonds. The fraction of sp³-hybridized carbons (Fsp3) is 0.250. The van der Waals surface area contributed by atoms with Gasteiger partial charge in [-0.3, -0.25) is 4.79 Å². The number of aryl methyl sites for hydroxylation is 2. The Hall–Kier alpha value is 0.266. The van der Waals surface area contributed by atoms with Crippen LogP contribution in [0.4, 0.5) is 0 Å². The van der Waals surface area contributed by atoms with Crippen LogP contribution in [0.5, 0.6) is 0 Å². The summed E-state index contributed by atoms with van der Waals surface area (Å²) in [7, 11) is 0. The Bertz CT molecular complexity index is 367. The molecule has 0 saturated carbocycles. The van der Waals surface area contributed by atoms with Gasteiger partial charge in [0, 0.05) is 5.56 Å². The quantitative estimate of drug-likeness (QED) is 0.420. The molecule has 0 fully saturated rings. The third kappa shape index (κ3) is 3.44. The van der Waals surface area contributed by atoms with Crippen molar-refractivity contribution in [3.8, 4) is 0 Å². The van der Waals surface area contributed by atoms with Gasteiger partial charge in [0.1, 0.15) is 0 Å². The van der Waals surface area contributed by atoms with Gasteiger partial charge < -0.3 is 0 Å². The Morgan fingerprint density at radius 3 is 2.36 bits per heavy atom. The predicted octanol–water partition coefficient (Wildman–Crippen LogP) is 2.41. The fourth-order valence-electron chi connectivity index (χ4n) is 1.21. The second-order valence-corrected chi connectivity index (χ2v) is 3.43. The number of carbonyl (C=O) groups excluding carboxylic acids is 1. The zero-order valence-electron chi connectivity index (χ0n) is 8.35. The number of rotatable bonds is 2. The zero-order valence-corrected chi connectivity index (χ0v) is 8.35. The summed E-state index contributed by atoms with van der Waals surface area (Å²) >= 11 is 0. The van der Waals surface area contributed by atoms with E-state index in [-0.39, 0.29) is 57.2 Å². The topological polar surface area (TPSA) is 17.1 Å². The first-order valence-electron chi connectivity index (χ1n) is 4.30. The van der Waals surface area contributed by atoms with Crippen LogP contribution >= 0.6 is 0 Å². The molecule has 0 radical (unpaired) electrons. The van der Waals surface area contributed by atoms with Crippen LogP contribution in [-0.2, 0) is 0 Å². The van der Waals surface area contributed by atoms with Crippen molar-refractivity contribution in [2.24, 2.45) is 0 Å². The maximum absolute atomic E-state index is 11.6. The van der Waals surface area contributed by atoms with Gasteiger partial charge in [0.15, 0.2) is 5.78 Å². The van der Waals surface area contributed by atoms with E-state index in [4.69, 9.17) is 0 Å². The average Bonchev–Trinajstić information content (AvgIpc) is 2.08. The third-order valence-electron chi connectivity index (χ3n) is 2.03. The summed E-state index contributed by atoms with van der Waals surface area (Å²) in [5, 5.41) is 0. The van der Waals surface area contributed by atoms with Crippen LogP contribution in [0.25, 0.3) is 0 Å². The summed E-state index contributed by atoms with van der Waals surface area (Å²) in [5.74, 6) is 0.0428. The first-order chi connectivity index (χ1) is 6.02. The normalized spacial score (nSPS) is 9.07. The molecule has 2 heteroatoms. The monoisotopic (exact) mass is 214 g/mol. The molecular formula is C12H15KO. The SMILES string of the molecule is C=C(C)C(=O)c1cc(C)ccc1C.[KH]. The van der Waals surface area contributed by atoms with Crippen LogP contribution in [0, 0.1) is 13.8 Å². The van der Waals surface area contributed by atoms with E-state index in [0.717, 1.165) is 16.7 Å². The molecule has 70 valence electrons. The molecule has 0 bridgehead atoms.